The molecule has 0 aliphatic rings. The fourth-order valence-electron chi connectivity index (χ4n) is 1.98. The quantitative estimate of drug-likeness (QED) is 0.630. The van der Waals surface area contributed by atoms with Crippen LogP contribution >= 0.6 is 11.6 Å². The molecular formula is C15H14ClN3O5S. The zero-order chi connectivity index (χ0) is 18.8. The molecule has 0 spiro atoms. The van der Waals surface area contributed by atoms with Crippen molar-refractivity contribution in [2.45, 2.75) is 4.90 Å². The van der Waals surface area contributed by atoms with Crippen molar-refractivity contribution in [3.8, 4) is 0 Å². The van der Waals surface area contributed by atoms with Crippen LogP contribution in [-0.2, 0) is 10.0 Å². The number of nitrogens with zero attached hydrogens (tertiary/aromatic N) is 2. The number of carbonyl (C=O) groups excluding carboxylic acids is 1. The molecule has 0 heterocycles. The molecule has 0 aliphatic carbocycles. The number of hydrogen-bond acceptors (Lipinski definition) is 5. The summed E-state index contributed by atoms with van der Waals surface area (Å²) < 4.78 is 25.7. The number of nitrogens with one attached hydrogen (secondary N) is 1. The van der Waals surface area contributed by atoms with Gasteiger partial charge in [-0.05, 0) is 18.2 Å². The van der Waals surface area contributed by atoms with Gasteiger partial charge in [-0.25, -0.2) is 12.7 Å². The van der Waals surface area contributed by atoms with Crippen LogP contribution in [0.3, 0.4) is 0 Å². The Balaban J connectivity index is 2.44. The molecule has 0 saturated heterocycles. The van der Waals surface area contributed by atoms with E-state index >= 15 is 0 Å². The van der Waals surface area contributed by atoms with E-state index in [-0.39, 0.29) is 26.9 Å². The molecule has 1 N–H and O–H groups in total. The van der Waals surface area contributed by atoms with Crippen LogP contribution in [0.1, 0.15) is 10.4 Å². The maximum atomic E-state index is 12.4. The first-order chi connectivity index (χ1) is 11.6. The fraction of sp³-hybridized carbons (Fsp3) is 0.133. The number of carbonyl (C=O) groups is 1. The molecule has 25 heavy (non-hydrogen) atoms. The minimum atomic E-state index is -3.79. The summed E-state index contributed by atoms with van der Waals surface area (Å²) in [6.07, 6.45) is 0. The SMILES string of the molecule is CN(C)S(=O)(=O)c1ccccc1NC(=O)c1cc([N+](=O)[O-])ccc1Cl. The number of non-ortho nitro benzene ring substituents is 1. The van der Waals surface area contributed by atoms with Crippen molar-refractivity contribution in [2.75, 3.05) is 19.4 Å². The number of benzene rings is 2. The lowest BCUT2D eigenvalue weighted by Crippen LogP contribution is -2.24. The van der Waals surface area contributed by atoms with E-state index in [0.717, 1.165) is 10.4 Å². The lowest BCUT2D eigenvalue weighted by atomic mass is 10.2. The Morgan fingerprint density at radius 3 is 2.44 bits per heavy atom. The van der Waals surface area contributed by atoms with Gasteiger partial charge in [-0.3, -0.25) is 14.9 Å². The lowest BCUT2D eigenvalue weighted by molar-refractivity contribution is -0.384. The number of rotatable bonds is 5. The first-order valence-corrected chi connectivity index (χ1v) is 8.73. The summed E-state index contributed by atoms with van der Waals surface area (Å²) in [4.78, 5) is 22.5. The second kappa shape index (κ2) is 7.18. The Hall–Kier alpha value is -2.49. The highest BCUT2D eigenvalue weighted by Crippen LogP contribution is 2.26. The standard InChI is InChI=1S/C15H14ClN3O5S/c1-18(2)25(23,24)14-6-4-3-5-13(14)17-15(20)11-9-10(19(21)22)7-8-12(11)16/h3-9H,1-2H3,(H,17,20). The van der Waals surface area contributed by atoms with Crippen molar-refractivity contribution in [2.24, 2.45) is 0 Å². The molecule has 0 unspecified atom stereocenters. The average Bonchev–Trinajstić information content (AvgIpc) is 2.55. The van der Waals surface area contributed by atoms with Gasteiger partial charge < -0.3 is 5.32 Å². The Kier molecular flexibility index (Phi) is 5.41. The number of anilines is 1. The van der Waals surface area contributed by atoms with Gasteiger partial charge in [-0.2, -0.15) is 0 Å². The van der Waals surface area contributed by atoms with Gasteiger partial charge in [0.25, 0.3) is 11.6 Å². The summed E-state index contributed by atoms with van der Waals surface area (Å²) in [5, 5.41) is 13.3. The Morgan fingerprint density at radius 2 is 1.84 bits per heavy atom. The third-order valence-corrected chi connectivity index (χ3v) is 5.50. The number of hydrogen-bond donors (Lipinski definition) is 1. The molecule has 0 fully saturated rings. The van der Waals surface area contributed by atoms with E-state index in [1.807, 2.05) is 0 Å². The summed E-state index contributed by atoms with van der Waals surface area (Å²) in [6, 6.07) is 9.27. The van der Waals surface area contributed by atoms with Gasteiger partial charge >= 0.3 is 0 Å². The number of nitro benzene ring substituents is 1. The molecule has 132 valence electrons. The van der Waals surface area contributed by atoms with Crippen molar-refractivity contribution in [3.05, 3.63) is 63.2 Å². The second-order valence-electron chi connectivity index (χ2n) is 5.16. The lowest BCUT2D eigenvalue weighted by Gasteiger charge is -2.15. The van der Waals surface area contributed by atoms with Crippen molar-refractivity contribution in [3.63, 3.8) is 0 Å². The van der Waals surface area contributed by atoms with Gasteiger partial charge in [0.05, 0.1) is 21.2 Å². The molecule has 0 aliphatic heterocycles. The normalized spacial score (nSPS) is 11.4. The zero-order valence-electron chi connectivity index (χ0n) is 13.3. The van der Waals surface area contributed by atoms with Crippen LogP contribution in [0.15, 0.2) is 47.4 Å². The van der Waals surface area contributed by atoms with E-state index in [1.54, 1.807) is 6.07 Å². The summed E-state index contributed by atoms with van der Waals surface area (Å²) in [5.41, 5.74) is -0.388. The minimum absolute atomic E-state index is 0.0102. The topological polar surface area (TPSA) is 110 Å². The molecule has 0 bridgehead atoms. The van der Waals surface area contributed by atoms with E-state index < -0.39 is 20.9 Å². The monoisotopic (exact) mass is 383 g/mol. The number of halogens is 1. The fourth-order valence-corrected chi connectivity index (χ4v) is 3.23. The van der Waals surface area contributed by atoms with E-state index in [1.165, 1.54) is 44.4 Å². The molecule has 2 aromatic carbocycles. The molecule has 2 rings (SSSR count). The van der Waals surface area contributed by atoms with Gasteiger partial charge in [0.2, 0.25) is 10.0 Å². The first-order valence-electron chi connectivity index (χ1n) is 6.91. The number of para-hydroxylation sites is 1. The number of nitro groups is 1. The van der Waals surface area contributed by atoms with Crippen molar-refractivity contribution >= 4 is 38.9 Å². The summed E-state index contributed by atoms with van der Waals surface area (Å²) in [6.45, 7) is 0. The Labute approximate surface area is 149 Å². The molecule has 8 nitrogen and oxygen atoms in total. The van der Waals surface area contributed by atoms with Gasteiger partial charge in [0.15, 0.2) is 0 Å². The molecular weight excluding hydrogens is 370 g/mol. The molecule has 0 saturated carbocycles. The first kappa shape index (κ1) is 18.8. The molecule has 0 aromatic heterocycles. The van der Waals surface area contributed by atoms with Gasteiger partial charge in [0.1, 0.15) is 4.90 Å². The molecule has 0 atom stereocenters. The predicted molar refractivity (Wildman–Crippen MR) is 93.4 cm³/mol. The maximum absolute atomic E-state index is 12.4. The van der Waals surface area contributed by atoms with Crippen LogP contribution in [-0.4, -0.2) is 37.6 Å². The van der Waals surface area contributed by atoms with Gasteiger partial charge in [-0.1, -0.05) is 23.7 Å². The van der Waals surface area contributed by atoms with Gasteiger partial charge in [-0.15, -0.1) is 0 Å². The smallest absolute Gasteiger partial charge is 0.270 e. The van der Waals surface area contributed by atoms with Gasteiger partial charge in [0, 0.05) is 26.2 Å². The number of sulfonamides is 1. The largest absolute Gasteiger partial charge is 0.321 e. The highest BCUT2D eigenvalue weighted by Gasteiger charge is 2.23. The predicted octanol–water partition coefficient (Wildman–Crippen LogP) is 2.75. The van der Waals surface area contributed by atoms with Crippen LogP contribution in [0.2, 0.25) is 5.02 Å². The van der Waals surface area contributed by atoms with E-state index in [9.17, 15) is 23.3 Å². The summed E-state index contributed by atoms with van der Waals surface area (Å²) in [5.74, 6) is -0.755. The third-order valence-electron chi connectivity index (χ3n) is 3.30. The minimum Gasteiger partial charge on any atom is -0.321 e. The van der Waals surface area contributed by atoms with Crippen LogP contribution in [0, 0.1) is 10.1 Å². The Morgan fingerprint density at radius 1 is 1.20 bits per heavy atom. The second-order valence-corrected chi connectivity index (χ2v) is 7.69. The molecule has 1 amide bonds. The number of amides is 1. The van der Waals surface area contributed by atoms with Crippen molar-refractivity contribution in [1.29, 1.82) is 0 Å². The highest BCUT2D eigenvalue weighted by molar-refractivity contribution is 7.89. The molecule has 0 radical (unpaired) electrons. The molecule has 10 heteroatoms. The van der Waals surface area contributed by atoms with E-state index in [2.05, 4.69) is 5.32 Å². The highest BCUT2D eigenvalue weighted by atomic mass is 35.5. The van der Waals surface area contributed by atoms with Crippen LogP contribution in [0.5, 0.6) is 0 Å². The summed E-state index contributed by atoms with van der Waals surface area (Å²) in [7, 11) is -1.06. The van der Waals surface area contributed by atoms with Crippen LogP contribution in [0.4, 0.5) is 11.4 Å². The maximum Gasteiger partial charge on any atom is 0.270 e. The third kappa shape index (κ3) is 3.95. The van der Waals surface area contributed by atoms with E-state index in [0.29, 0.717) is 0 Å². The molecule has 2 aromatic rings. The van der Waals surface area contributed by atoms with Crippen molar-refractivity contribution in [1.82, 2.24) is 4.31 Å². The van der Waals surface area contributed by atoms with Crippen molar-refractivity contribution < 1.29 is 18.1 Å². The van der Waals surface area contributed by atoms with Crippen LogP contribution < -0.4 is 5.32 Å². The average molecular weight is 384 g/mol. The summed E-state index contributed by atoms with van der Waals surface area (Å²) >= 11 is 5.93. The van der Waals surface area contributed by atoms with Crippen LogP contribution in [0.25, 0.3) is 0 Å². The zero-order valence-corrected chi connectivity index (χ0v) is 14.8. The van der Waals surface area contributed by atoms with E-state index in [4.69, 9.17) is 11.6 Å². The Bertz CT molecular complexity index is 944.